The normalized spacial score (nSPS) is 33.0. The SMILES string of the molecule is O=C(O)C[C@@H](Cc1ccccc1)C(=O)NCC12CC3CC(CC(C3)C1)C2. The Kier molecular flexibility index (Phi) is 4.76. The van der Waals surface area contributed by atoms with Crippen LogP contribution in [-0.4, -0.2) is 23.5 Å². The number of carboxylic acid groups (broad SMARTS) is 1. The minimum Gasteiger partial charge on any atom is -0.481 e. The van der Waals surface area contributed by atoms with Crippen LogP contribution in [0.4, 0.5) is 0 Å². The Bertz CT molecular complexity index is 634. The van der Waals surface area contributed by atoms with Crippen molar-refractivity contribution in [3.63, 3.8) is 0 Å². The monoisotopic (exact) mass is 355 g/mol. The lowest BCUT2D eigenvalue weighted by Crippen LogP contribution is -2.51. The van der Waals surface area contributed by atoms with Gasteiger partial charge in [0.1, 0.15) is 0 Å². The maximum absolute atomic E-state index is 12.8. The molecule has 4 aliphatic rings. The number of hydrogen-bond acceptors (Lipinski definition) is 2. The van der Waals surface area contributed by atoms with E-state index in [0.717, 1.165) is 29.9 Å². The van der Waals surface area contributed by atoms with Crippen LogP contribution in [0, 0.1) is 29.1 Å². The zero-order chi connectivity index (χ0) is 18.1. The molecule has 0 aromatic heterocycles. The largest absolute Gasteiger partial charge is 0.481 e. The average molecular weight is 355 g/mol. The molecule has 0 aliphatic heterocycles. The first-order valence-electron chi connectivity index (χ1n) is 10.0. The number of rotatable bonds is 7. The highest BCUT2D eigenvalue weighted by atomic mass is 16.4. The average Bonchev–Trinajstić information content (AvgIpc) is 2.58. The second-order valence-electron chi connectivity index (χ2n) is 9.12. The first-order chi connectivity index (χ1) is 12.5. The van der Waals surface area contributed by atoms with Crippen LogP contribution in [0.15, 0.2) is 30.3 Å². The number of nitrogens with one attached hydrogen (secondary N) is 1. The molecule has 4 aliphatic carbocycles. The summed E-state index contributed by atoms with van der Waals surface area (Å²) in [6.07, 6.45) is 8.31. The fourth-order valence-corrected chi connectivity index (χ4v) is 6.29. The highest BCUT2D eigenvalue weighted by Crippen LogP contribution is 2.59. The molecule has 5 rings (SSSR count). The van der Waals surface area contributed by atoms with Crippen molar-refractivity contribution >= 4 is 11.9 Å². The molecule has 0 unspecified atom stereocenters. The van der Waals surface area contributed by atoms with Gasteiger partial charge in [-0.15, -0.1) is 0 Å². The Labute approximate surface area is 155 Å². The van der Waals surface area contributed by atoms with Gasteiger partial charge in [0.2, 0.25) is 5.91 Å². The first-order valence-corrected chi connectivity index (χ1v) is 10.0. The highest BCUT2D eigenvalue weighted by molar-refractivity contribution is 5.83. The van der Waals surface area contributed by atoms with Gasteiger partial charge in [-0.2, -0.15) is 0 Å². The van der Waals surface area contributed by atoms with E-state index in [4.69, 9.17) is 0 Å². The molecule has 0 saturated heterocycles. The zero-order valence-corrected chi connectivity index (χ0v) is 15.3. The minimum absolute atomic E-state index is 0.0907. The van der Waals surface area contributed by atoms with Gasteiger partial charge < -0.3 is 10.4 Å². The molecule has 2 N–H and O–H groups in total. The lowest BCUT2D eigenvalue weighted by Gasteiger charge is -2.57. The molecule has 1 aromatic carbocycles. The van der Waals surface area contributed by atoms with Gasteiger partial charge in [0.05, 0.1) is 12.3 Å². The van der Waals surface area contributed by atoms with E-state index in [-0.39, 0.29) is 17.7 Å². The van der Waals surface area contributed by atoms with E-state index in [2.05, 4.69) is 5.32 Å². The van der Waals surface area contributed by atoms with Crippen LogP contribution in [0.1, 0.15) is 50.5 Å². The molecule has 0 radical (unpaired) electrons. The summed E-state index contributed by atoms with van der Waals surface area (Å²) in [4.78, 5) is 24.1. The summed E-state index contributed by atoms with van der Waals surface area (Å²) in [7, 11) is 0. The lowest BCUT2D eigenvalue weighted by molar-refractivity contribution is -0.141. The third kappa shape index (κ3) is 3.79. The van der Waals surface area contributed by atoms with Crippen molar-refractivity contribution in [1.29, 1.82) is 0 Å². The van der Waals surface area contributed by atoms with Crippen molar-refractivity contribution in [3.8, 4) is 0 Å². The van der Waals surface area contributed by atoms with Gasteiger partial charge >= 0.3 is 5.97 Å². The van der Waals surface area contributed by atoms with E-state index in [9.17, 15) is 14.7 Å². The second-order valence-corrected chi connectivity index (χ2v) is 9.12. The molecule has 140 valence electrons. The molecule has 4 bridgehead atoms. The summed E-state index contributed by atoms with van der Waals surface area (Å²) in [6.45, 7) is 0.736. The predicted molar refractivity (Wildman–Crippen MR) is 99.5 cm³/mol. The molecule has 4 heteroatoms. The van der Waals surface area contributed by atoms with E-state index in [1.165, 1.54) is 38.5 Å². The Morgan fingerprint density at radius 1 is 1.04 bits per heavy atom. The summed E-state index contributed by atoms with van der Waals surface area (Å²) in [5.41, 5.74) is 1.30. The molecule has 26 heavy (non-hydrogen) atoms. The standard InChI is InChI=1S/C22H29NO3/c24-20(25)10-19(9-15-4-2-1-3-5-15)21(26)23-14-22-11-16-6-17(12-22)8-18(7-16)13-22/h1-5,16-19H,6-14H2,(H,23,26)(H,24,25)/t16?,17?,18?,19-,22?/m1/s1. The Morgan fingerprint density at radius 3 is 2.15 bits per heavy atom. The quantitative estimate of drug-likeness (QED) is 0.784. The van der Waals surface area contributed by atoms with Gasteiger partial charge in [0.15, 0.2) is 0 Å². The zero-order valence-electron chi connectivity index (χ0n) is 15.3. The van der Waals surface area contributed by atoms with Gasteiger partial charge in [0, 0.05) is 6.54 Å². The molecule has 1 atom stereocenters. The maximum Gasteiger partial charge on any atom is 0.304 e. The molecular weight excluding hydrogens is 326 g/mol. The fraction of sp³-hybridized carbons (Fsp3) is 0.636. The van der Waals surface area contributed by atoms with Crippen LogP contribution in [-0.2, 0) is 16.0 Å². The van der Waals surface area contributed by atoms with Crippen molar-refractivity contribution in [2.24, 2.45) is 29.1 Å². The molecule has 0 heterocycles. The van der Waals surface area contributed by atoms with Gasteiger partial charge in [-0.05, 0) is 73.7 Å². The fourth-order valence-electron chi connectivity index (χ4n) is 6.29. The van der Waals surface area contributed by atoms with Crippen LogP contribution in [0.3, 0.4) is 0 Å². The van der Waals surface area contributed by atoms with Crippen molar-refractivity contribution in [2.75, 3.05) is 6.54 Å². The number of hydrogen-bond donors (Lipinski definition) is 2. The van der Waals surface area contributed by atoms with Crippen molar-refractivity contribution < 1.29 is 14.7 Å². The summed E-state index contributed by atoms with van der Waals surface area (Å²) < 4.78 is 0. The molecular formula is C22H29NO3. The molecule has 4 nitrogen and oxygen atoms in total. The second kappa shape index (κ2) is 7.05. The summed E-state index contributed by atoms with van der Waals surface area (Å²) in [5, 5.41) is 12.4. The Hall–Kier alpha value is -1.84. The number of carbonyl (C=O) groups excluding carboxylic acids is 1. The van der Waals surface area contributed by atoms with Crippen molar-refractivity contribution in [3.05, 3.63) is 35.9 Å². The van der Waals surface area contributed by atoms with E-state index < -0.39 is 11.9 Å². The molecule has 4 fully saturated rings. The smallest absolute Gasteiger partial charge is 0.304 e. The molecule has 4 saturated carbocycles. The first kappa shape index (κ1) is 17.6. The van der Waals surface area contributed by atoms with E-state index >= 15 is 0 Å². The van der Waals surface area contributed by atoms with Crippen LogP contribution >= 0.6 is 0 Å². The van der Waals surface area contributed by atoms with E-state index in [1.807, 2.05) is 30.3 Å². The highest BCUT2D eigenvalue weighted by Gasteiger charge is 2.50. The summed E-state index contributed by atoms with van der Waals surface area (Å²) in [5.74, 6) is 1.08. The summed E-state index contributed by atoms with van der Waals surface area (Å²) in [6, 6.07) is 9.71. The van der Waals surface area contributed by atoms with E-state index in [1.54, 1.807) is 0 Å². The van der Waals surface area contributed by atoms with Crippen LogP contribution in [0.25, 0.3) is 0 Å². The number of amides is 1. The predicted octanol–water partition coefficient (Wildman–Crippen LogP) is 3.65. The number of benzene rings is 1. The summed E-state index contributed by atoms with van der Waals surface area (Å²) >= 11 is 0. The van der Waals surface area contributed by atoms with Crippen LogP contribution < -0.4 is 5.32 Å². The van der Waals surface area contributed by atoms with Gasteiger partial charge in [-0.1, -0.05) is 30.3 Å². The van der Waals surface area contributed by atoms with Crippen LogP contribution in [0.2, 0.25) is 0 Å². The maximum atomic E-state index is 12.8. The van der Waals surface area contributed by atoms with Crippen molar-refractivity contribution in [1.82, 2.24) is 5.32 Å². The van der Waals surface area contributed by atoms with Crippen molar-refractivity contribution in [2.45, 2.75) is 51.4 Å². The minimum atomic E-state index is -0.907. The Balaban J connectivity index is 1.39. The van der Waals surface area contributed by atoms with Crippen LogP contribution in [0.5, 0.6) is 0 Å². The van der Waals surface area contributed by atoms with Gasteiger partial charge in [0.25, 0.3) is 0 Å². The lowest BCUT2D eigenvalue weighted by atomic mass is 9.49. The topological polar surface area (TPSA) is 66.4 Å². The van der Waals surface area contributed by atoms with Gasteiger partial charge in [-0.3, -0.25) is 9.59 Å². The molecule has 1 amide bonds. The number of carbonyl (C=O) groups is 2. The molecule has 0 spiro atoms. The molecule has 1 aromatic rings. The van der Waals surface area contributed by atoms with Gasteiger partial charge in [-0.25, -0.2) is 0 Å². The third-order valence-electron chi connectivity index (χ3n) is 6.92. The Morgan fingerprint density at radius 2 is 1.62 bits per heavy atom. The number of aliphatic carboxylic acids is 1. The van der Waals surface area contributed by atoms with E-state index in [0.29, 0.717) is 6.42 Å². The number of carboxylic acids is 1. The third-order valence-corrected chi connectivity index (χ3v) is 6.92.